The molecule has 0 bridgehead atoms. The molecule has 0 radical (unpaired) electrons. The monoisotopic (exact) mass is 265 g/mol. The van der Waals surface area contributed by atoms with Crippen LogP contribution in [0.2, 0.25) is 0 Å². The van der Waals surface area contributed by atoms with Gasteiger partial charge in [-0.1, -0.05) is 0 Å². The molecule has 60 valence electrons. The Labute approximate surface area is 77.9 Å². The van der Waals surface area contributed by atoms with E-state index in [0.29, 0.717) is 0 Å². The Balaban J connectivity index is 2.84. The number of hydrogen-bond acceptors (Lipinski definition) is 2. The van der Waals surface area contributed by atoms with Crippen LogP contribution < -0.4 is 5.73 Å². The lowest BCUT2D eigenvalue weighted by Gasteiger charge is -2.05. The lowest BCUT2D eigenvalue weighted by atomic mass is 10.3. The van der Waals surface area contributed by atoms with Gasteiger partial charge in [0.1, 0.15) is 6.04 Å². The van der Waals surface area contributed by atoms with Gasteiger partial charge in [-0.25, -0.2) is 0 Å². The molecule has 0 fully saturated rings. The van der Waals surface area contributed by atoms with Crippen LogP contribution in [-0.2, 0) is 4.79 Å². The Morgan fingerprint density at radius 3 is 2.91 bits per heavy atom. The maximum atomic E-state index is 10.7. The van der Waals surface area contributed by atoms with Gasteiger partial charge in [0.05, 0.1) is 9.77 Å². The Hall–Kier alpha value is -0.590. The minimum Gasteiger partial charge on any atom is -0.368 e. The minimum atomic E-state index is -0.371. The van der Waals surface area contributed by atoms with Gasteiger partial charge in [-0.05, 0) is 29.5 Å². The van der Waals surface area contributed by atoms with Crippen molar-refractivity contribution in [3.8, 4) is 0 Å². The Morgan fingerprint density at radius 1 is 1.91 bits per heavy atom. The van der Waals surface area contributed by atoms with Crippen LogP contribution in [0.3, 0.4) is 0 Å². The molecule has 0 aromatic carbocycles. The average Bonchev–Trinajstić information content (AvgIpc) is 2.34. The zero-order valence-corrected chi connectivity index (χ0v) is 8.15. The number of rotatable bonds is 2. The van der Waals surface area contributed by atoms with Crippen molar-refractivity contribution >= 4 is 28.5 Å². The third-order valence-electron chi connectivity index (χ3n) is 1.38. The summed E-state index contributed by atoms with van der Waals surface area (Å²) in [4.78, 5) is 10.7. The molecule has 1 rings (SSSR count). The number of aromatic nitrogens is 2. The third-order valence-corrected chi connectivity index (χ3v) is 1.94. The summed E-state index contributed by atoms with van der Waals surface area (Å²) < 4.78 is 2.54. The predicted molar refractivity (Wildman–Crippen MR) is 48.8 cm³/mol. The Bertz CT molecular complexity index is 271. The van der Waals surface area contributed by atoms with E-state index in [4.69, 9.17) is 5.73 Å². The summed E-state index contributed by atoms with van der Waals surface area (Å²) in [6, 6.07) is -0.362. The average molecular weight is 265 g/mol. The standard InChI is InChI=1S/C6H8IN3O/c1-4(6(8)11)10-3-5(7)2-9-10/h2-4H,1H3,(H2,8,11). The van der Waals surface area contributed by atoms with Crippen molar-refractivity contribution in [1.29, 1.82) is 0 Å². The number of carbonyl (C=O) groups excluding carboxylic acids is 1. The van der Waals surface area contributed by atoms with Gasteiger partial charge in [-0.3, -0.25) is 9.48 Å². The highest BCUT2D eigenvalue weighted by Gasteiger charge is 2.10. The van der Waals surface area contributed by atoms with Crippen LogP contribution in [0.25, 0.3) is 0 Å². The van der Waals surface area contributed by atoms with Crippen molar-refractivity contribution in [2.24, 2.45) is 5.73 Å². The van der Waals surface area contributed by atoms with E-state index in [1.54, 1.807) is 24.0 Å². The normalized spacial score (nSPS) is 12.9. The number of halogens is 1. The molecule has 1 aromatic rings. The van der Waals surface area contributed by atoms with E-state index < -0.39 is 0 Å². The number of carbonyl (C=O) groups is 1. The van der Waals surface area contributed by atoms with Crippen LogP contribution in [0.1, 0.15) is 13.0 Å². The van der Waals surface area contributed by atoms with Gasteiger partial charge in [-0.15, -0.1) is 0 Å². The topological polar surface area (TPSA) is 60.9 Å². The fraction of sp³-hybridized carbons (Fsp3) is 0.333. The van der Waals surface area contributed by atoms with Gasteiger partial charge >= 0.3 is 0 Å². The van der Waals surface area contributed by atoms with Gasteiger partial charge in [0.15, 0.2) is 0 Å². The number of nitrogens with zero attached hydrogens (tertiary/aromatic N) is 2. The van der Waals surface area contributed by atoms with Crippen molar-refractivity contribution in [2.45, 2.75) is 13.0 Å². The zero-order chi connectivity index (χ0) is 8.43. The number of amides is 1. The molecule has 4 nitrogen and oxygen atoms in total. The van der Waals surface area contributed by atoms with Gasteiger partial charge in [0.2, 0.25) is 5.91 Å². The quantitative estimate of drug-likeness (QED) is 0.793. The van der Waals surface area contributed by atoms with Crippen molar-refractivity contribution < 1.29 is 4.79 Å². The van der Waals surface area contributed by atoms with Crippen molar-refractivity contribution in [2.75, 3.05) is 0 Å². The van der Waals surface area contributed by atoms with Crippen LogP contribution in [0.15, 0.2) is 12.4 Å². The third kappa shape index (κ3) is 1.92. The zero-order valence-electron chi connectivity index (χ0n) is 5.99. The summed E-state index contributed by atoms with van der Waals surface area (Å²) in [5.41, 5.74) is 5.08. The fourth-order valence-electron chi connectivity index (χ4n) is 0.657. The van der Waals surface area contributed by atoms with Gasteiger partial charge in [-0.2, -0.15) is 5.10 Å². The molecule has 0 saturated carbocycles. The molecule has 1 aromatic heterocycles. The summed E-state index contributed by atoms with van der Waals surface area (Å²) in [7, 11) is 0. The summed E-state index contributed by atoms with van der Waals surface area (Å²) >= 11 is 2.12. The lowest BCUT2D eigenvalue weighted by molar-refractivity contribution is -0.120. The van der Waals surface area contributed by atoms with Crippen LogP contribution >= 0.6 is 22.6 Å². The van der Waals surface area contributed by atoms with Crippen LogP contribution in [0, 0.1) is 3.57 Å². The van der Waals surface area contributed by atoms with Gasteiger partial charge in [0, 0.05) is 6.20 Å². The van der Waals surface area contributed by atoms with E-state index in [0.717, 1.165) is 3.57 Å². The molecule has 0 spiro atoms. The van der Waals surface area contributed by atoms with Gasteiger partial charge in [0.25, 0.3) is 0 Å². The van der Waals surface area contributed by atoms with E-state index in [1.165, 1.54) is 0 Å². The summed E-state index contributed by atoms with van der Waals surface area (Å²) in [5, 5.41) is 3.95. The van der Waals surface area contributed by atoms with Crippen LogP contribution in [0.4, 0.5) is 0 Å². The molecule has 0 saturated heterocycles. The fourth-order valence-corrected chi connectivity index (χ4v) is 1.07. The summed E-state index contributed by atoms with van der Waals surface area (Å²) in [6.07, 6.45) is 3.45. The van der Waals surface area contributed by atoms with Crippen molar-refractivity contribution in [1.82, 2.24) is 9.78 Å². The first kappa shape index (κ1) is 8.51. The SMILES string of the molecule is CC(C(N)=O)n1cc(I)cn1. The summed E-state index contributed by atoms with van der Waals surface area (Å²) in [5.74, 6) is -0.371. The highest BCUT2D eigenvalue weighted by Crippen LogP contribution is 2.07. The van der Waals surface area contributed by atoms with E-state index in [1.807, 2.05) is 0 Å². The molecular formula is C6H8IN3O. The second-order valence-corrected chi connectivity index (χ2v) is 3.46. The maximum Gasteiger partial charge on any atom is 0.241 e. The molecule has 0 aliphatic carbocycles. The Morgan fingerprint density at radius 2 is 2.55 bits per heavy atom. The van der Waals surface area contributed by atoms with E-state index >= 15 is 0 Å². The van der Waals surface area contributed by atoms with Crippen molar-refractivity contribution in [3.63, 3.8) is 0 Å². The van der Waals surface area contributed by atoms with E-state index in [-0.39, 0.29) is 11.9 Å². The molecule has 2 N–H and O–H groups in total. The van der Waals surface area contributed by atoms with Crippen LogP contribution in [-0.4, -0.2) is 15.7 Å². The molecule has 0 aliphatic rings. The van der Waals surface area contributed by atoms with Crippen LogP contribution in [0.5, 0.6) is 0 Å². The smallest absolute Gasteiger partial charge is 0.241 e. The predicted octanol–water partition coefficient (Wildman–Crippen LogP) is 0.534. The maximum absolute atomic E-state index is 10.7. The molecular weight excluding hydrogens is 257 g/mol. The second kappa shape index (κ2) is 3.21. The minimum absolute atomic E-state index is 0.362. The number of nitrogens with two attached hydrogens (primary N) is 1. The number of hydrogen-bond donors (Lipinski definition) is 1. The van der Waals surface area contributed by atoms with Crippen molar-refractivity contribution in [3.05, 3.63) is 16.0 Å². The molecule has 1 atom stereocenters. The molecule has 11 heavy (non-hydrogen) atoms. The molecule has 1 unspecified atom stereocenters. The first-order chi connectivity index (χ1) is 5.11. The van der Waals surface area contributed by atoms with E-state index in [2.05, 4.69) is 27.7 Å². The molecule has 5 heteroatoms. The Kier molecular flexibility index (Phi) is 2.48. The van der Waals surface area contributed by atoms with E-state index in [9.17, 15) is 4.79 Å². The molecule has 1 amide bonds. The molecule has 1 heterocycles. The lowest BCUT2D eigenvalue weighted by Crippen LogP contribution is -2.24. The largest absolute Gasteiger partial charge is 0.368 e. The number of primary amides is 1. The van der Waals surface area contributed by atoms with Gasteiger partial charge < -0.3 is 5.73 Å². The highest BCUT2D eigenvalue weighted by molar-refractivity contribution is 14.1. The molecule has 0 aliphatic heterocycles. The summed E-state index contributed by atoms with van der Waals surface area (Å²) in [6.45, 7) is 1.71. The second-order valence-electron chi connectivity index (χ2n) is 2.22. The first-order valence-electron chi connectivity index (χ1n) is 3.10. The highest BCUT2D eigenvalue weighted by atomic mass is 127. The first-order valence-corrected chi connectivity index (χ1v) is 4.18.